The van der Waals surface area contributed by atoms with E-state index in [2.05, 4.69) is 60.4 Å². The number of rotatable bonds is 12. The highest BCUT2D eigenvalue weighted by Gasteiger charge is 2.27. The number of nitrogens with zero attached hydrogens (tertiary/aromatic N) is 3. The number of thiophene rings is 1. The van der Waals surface area contributed by atoms with Crippen LogP contribution in [0.4, 0.5) is 10.2 Å². The summed E-state index contributed by atoms with van der Waals surface area (Å²) in [7, 11) is 1.97. The molecule has 2 aromatic carbocycles. The van der Waals surface area contributed by atoms with Gasteiger partial charge in [0.05, 0.1) is 12.3 Å². The molecule has 2 aromatic heterocycles. The van der Waals surface area contributed by atoms with E-state index in [9.17, 15) is 4.39 Å². The molecule has 4 rings (SSSR count). The summed E-state index contributed by atoms with van der Waals surface area (Å²) in [6.45, 7) is 15.7. The molecule has 0 amide bonds. The van der Waals surface area contributed by atoms with Gasteiger partial charge in [0, 0.05) is 31.8 Å². The molecular weight excluding hydrogens is 509 g/mol. The first-order valence-electron chi connectivity index (χ1n) is 13.2. The van der Waals surface area contributed by atoms with Gasteiger partial charge in [-0.05, 0) is 79.3 Å². The van der Waals surface area contributed by atoms with Crippen molar-refractivity contribution in [2.45, 2.75) is 60.0 Å². The van der Waals surface area contributed by atoms with Crippen LogP contribution in [0.25, 0.3) is 11.3 Å². The van der Waals surface area contributed by atoms with E-state index >= 15 is 0 Å². The van der Waals surface area contributed by atoms with Gasteiger partial charge < -0.3 is 14.4 Å². The first-order valence-corrected chi connectivity index (χ1v) is 14.1. The third-order valence-corrected chi connectivity index (χ3v) is 7.51. The van der Waals surface area contributed by atoms with Gasteiger partial charge in [0.2, 0.25) is 0 Å². The summed E-state index contributed by atoms with van der Waals surface area (Å²) in [6, 6.07) is 16.1. The lowest BCUT2D eigenvalue weighted by atomic mass is 10.0. The Morgan fingerprint density at radius 2 is 1.69 bits per heavy atom. The summed E-state index contributed by atoms with van der Waals surface area (Å²) < 4.78 is 27.0. The highest BCUT2D eigenvalue weighted by atomic mass is 32.1. The van der Waals surface area contributed by atoms with Gasteiger partial charge in [0.15, 0.2) is 5.60 Å². The van der Waals surface area contributed by atoms with Crippen molar-refractivity contribution < 1.29 is 13.9 Å². The Balaban J connectivity index is 1.63. The fourth-order valence-corrected chi connectivity index (χ4v) is 5.31. The van der Waals surface area contributed by atoms with Crippen molar-refractivity contribution in [2.75, 3.05) is 11.5 Å². The van der Waals surface area contributed by atoms with Crippen LogP contribution >= 0.6 is 11.3 Å². The summed E-state index contributed by atoms with van der Waals surface area (Å²) in [5, 5.41) is 9.08. The smallest absolute Gasteiger partial charge is 0.159 e. The minimum atomic E-state index is -0.647. The van der Waals surface area contributed by atoms with Crippen LogP contribution in [0.15, 0.2) is 71.6 Å². The number of hydrogen-bond donors (Lipinski definition) is 0. The molecule has 0 saturated carbocycles. The third kappa shape index (κ3) is 6.71. The lowest BCUT2D eigenvalue weighted by Crippen LogP contribution is -2.32. The predicted octanol–water partition coefficient (Wildman–Crippen LogP) is 8.15. The van der Waals surface area contributed by atoms with Crippen molar-refractivity contribution in [3.8, 4) is 17.0 Å². The second-order valence-corrected chi connectivity index (χ2v) is 11.1. The van der Waals surface area contributed by atoms with Gasteiger partial charge in [-0.2, -0.15) is 16.4 Å². The zero-order valence-corrected chi connectivity index (χ0v) is 24.6. The molecule has 0 saturated heterocycles. The Kier molecular flexibility index (Phi) is 8.80. The van der Waals surface area contributed by atoms with Crippen LogP contribution in [0.2, 0.25) is 0 Å². The monoisotopic (exact) mass is 547 g/mol. The zero-order chi connectivity index (χ0) is 28.2. The van der Waals surface area contributed by atoms with E-state index in [1.54, 1.807) is 11.3 Å². The fraction of sp³-hybridized carbons (Fsp3) is 0.344. The fourth-order valence-electron chi connectivity index (χ4n) is 4.65. The summed E-state index contributed by atoms with van der Waals surface area (Å²) >= 11 is 1.70. The molecule has 39 heavy (non-hydrogen) atoms. The molecule has 0 spiro atoms. The minimum Gasteiger partial charge on any atom is -0.495 e. The van der Waals surface area contributed by atoms with Gasteiger partial charge in [-0.1, -0.05) is 43.0 Å². The van der Waals surface area contributed by atoms with Crippen LogP contribution in [-0.4, -0.2) is 22.0 Å². The number of aryl methyl sites for hydroxylation is 3. The maximum Gasteiger partial charge on any atom is 0.159 e. The Labute approximate surface area is 235 Å². The molecule has 0 aliphatic carbocycles. The summed E-state index contributed by atoms with van der Waals surface area (Å²) in [6.07, 6.45) is 0. The Morgan fingerprint density at radius 3 is 2.28 bits per heavy atom. The number of anilines is 1. The molecular formula is C32H38FN3O2S. The molecule has 5 nitrogen and oxygen atoms in total. The normalized spacial score (nSPS) is 11.5. The average Bonchev–Trinajstić information content (AvgIpc) is 3.55. The van der Waals surface area contributed by atoms with Crippen molar-refractivity contribution in [2.24, 2.45) is 7.05 Å². The number of alkyl halides is 1. The summed E-state index contributed by atoms with van der Waals surface area (Å²) in [5.41, 5.74) is 6.41. The Bertz CT molecular complexity index is 1380. The molecule has 206 valence electrons. The van der Waals surface area contributed by atoms with Crippen molar-refractivity contribution in [3.05, 3.63) is 99.4 Å². The maximum absolute atomic E-state index is 13.0. The number of aromatic nitrogens is 2. The molecule has 0 unspecified atom stereocenters. The van der Waals surface area contributed by atoms with E-state index in [4.69, 9.17) is 14.6 Å². The first kappa shape index (κ1) is 28.4. The second-order valence-electron chi connectivity index (χ2n) is 10.4. The van der Waals surface area contributed by atoms with E-state index in [-0.39, 0.29) is 0 Å². The zero-order valence-electron chi connectivity index (χ0n) is 23.8. The Hall–Kier alpha value is -3.58. The standard InChI is InChI=1S/C32H38FN3O2S/c1-8-37-24(4)32(5,6)38-31-22(2)15-27(16-23(31)3)20-36(19-26-13-14-39-21-26)30-17-29(34-35(30)7)28-11-9-25(18-33)10-12-28/h9-17,21H,4,8,18-20H2,1-3,5-7H3. The SMILES string of the molecule is C=C(OCC)C(C)(C)Oc1c(C)cc(CN(Cc2ccsc2)c2cc(-c3ccc(CF)cc3)nn2C)cc1C. The van der Waals surface area contributed by atoms with Crippen LogP contribution in [0.1, 0.15) is 48.6 Å². The van der Waals surface area contributed by atoms with Crippen LogP contribution in [0, 0.1) is 13.8 Å². The Morgan fingerprint density at radius 1 is 1.03 bits per heavy atom. The third-order valence-electron chi connectivity index (χ3n) is 6.78. The number of hydrogen-bond acceptors (Lipinski definition) is 5. The molecule has 0 fully saturated rings. The highest BCUT2D eigenvalue weighted by Crippen LogP contribution is 2.33. The van der Waals surface area contributed by atoms with Crippen LogP contribution in [0.3, 0.4) is 0 Å². The average molecular weight is 548 g/mol. The molecule has 0 atom stereocenters. The van der Waals surface area contributed by atoms with Crippen molar-refractivity contribution in [1.82, 2.24) is 9.78 Å². The molecule has 0 bridgehead atoms. The predicted molar refractivity (Wildman–Crippen MR) is 159 cm³/mol. The number of benzene rings is 2. The topological polar surface area (TPSA) is 39.5 Å². The highest BCUT2D eigenvalue weighted by molar-refractivity contribution is 7.07. The second kappa shape index (κ2) is 12.1. The van der Waals surface area contributed by atoms with Crippen LogP contribution < -0.4 is 9.64 Å². The number of ether oxygens (including phenoxy) is 2. The van der Waals surface area contributed by atoms with Gasteiger partial charge in [0.25, 0.3) is 0 Å². The first-order chi connectivity index (χ1) is 18.6. The van der Waals surface area contributed by atoms with Crippen molar-refractivity contribution >= 4 is 17.2 Å². The summed E-state index contributed by atoms with van der Waals surface area (Å²) in [5.74, 6) is 2.48. The van der Waals surface area contributed by atoms with Gasteiger partial charge in [0.1, 0.15) is 24.0 Å². The molecule has 7 heteroatoms. The molecule has 0 radical (unpaired) electrons. The van der Waals surface area contributed by atoms with E-state index < -0.39 is 12.3 Å². The van der Waals surface area contributed by atoms with Crippen molar-refractivity contribution in [1.29, 1.82) is 0 Å². The van der Waals surface area contributed by atoms with E-state index in [0.29, 0.717) is 24.5 Å². The molecule has 2 heterocycles. The lowest BCUT2D eigenvalue weighted by Gasteiger charge is -2.30. The number of halogens is 1. The molecule has 0 aliphatic rings. The lowest BCUT2D eigenvalue weighted by molar-refractivity contribution is 0.0631. The van der Waals surface area contributed by atoms with E-state index in [1.165, 1.54) is 11.1 Å². The van der Waals surface area contributed by atoms with E-state index in [0.717, 1.165) is 40.5 Å². The van der Waals surface area contributed by atoms with Crippen molar-refractivity contribution in [3.63, 3.8) is 0 Å². The van der Waals surface area contributed by atoms with Gasteiger partial charge in [-0.3, -0.25) is 4.68 Å². The van der Waals surface area contributed by atoms with Crippen LogP contribution in [-0.2, 0) is 31.5 Å². The molecule has 4 aromatic rings. The summed E-state index contributed by atoms with van der Waals surface area (Å²) in [4.78, 5) is 2.34. The minimum absolute atomic E-state index is 0.469. The largest absolute Gasteiger partial charge is 0.495 e. The molecule has 0 N–H and O–H groups in total. The van der Waals surface area contributed by atoms with Gasteiger partial charge in [-0.25, -0.2) is 4.39 Å². The van der Waals surface area contributed by atoms with Crippen LogP contribution in [0.5, 0.6) is 5.75 Å². The van der Waals surface area contributed by atoms with Gasteiger partial charge in [-0.15, -0.1) is 0 Å². The quantitative estimate of drug-likeness (QED) is 0.168. The maximum atomic E-state index is 13.0. The van der Waals surface area contributed by atoms with E-state index in [1.807, 2.05) is 56.8 Å². The van der Waals surface area contributed by atoms with Gasteiger partial charge >= 0.3 is 0 Å². The molecule has 0 aliphatic heterocycles.